The van der Waals surface area contributed by atoms with Gasteiger partial charge in [-0.3, -0.25) is 32.5 Å². The number of carbonyl (C=O) groups is 3. The van der Waals surface area contributed by atoms with Crippen molar-refractivity contribution in [3.8, 4) is 0 Å². The van der Waals surface area contributed by atoms with Gasteiger partial charge in [0, 0.05) is 19.3 Å². The number of allylic oxidation sites excluding steroid dienone is 34. The zero-order valence-electron chi connectivity index (χ0n) is 71.6. The first-order valence-electron chi connectivity index (χ1n) is 44.4. The van der Waals surface area contributed by atoms with Crippen molar-refractivity contribution in [3.63, 3.8) is 0 Å². The fourth-order valence-corrected chi connectivity index (χ4v) is 13.0. The Morgan fingerprint density at radius 1 is 0.243 bits per heavy atom. The number of aliphatic hydroxyl groups is 2. The van der Waals surface area contributed by atoms with Crippen LogP contribution in [0.2, 0.25) is 0 Å². The van der Waals surface area contributed by atoms with Gasteiger partial charge in [-0.2, -0.15) is 0 Å². The maximum absolute atomic E-state index is 13.0. The molecule has 0 aliphatic rings. The molecule has 4 N–H and O–H groups in total. The Kier molecular flexibility index (Phi) is 83.0. The van der Waals surface area contributed by atoms with Gasteiger partial charge in [0.2, 0.25) is 0 Å². The average Bonchev–Trinajstić information content (AvgIpc) is 0.902. The zero-order valence-corrected chi connectivity index (χ0v) is 73.4. The predicted octanol–water partition coefficient (Wildman–Crippen LogP) is 27.2. The maximum Gasteiger partial charge on any atom is 0.472 e. The first-order valence-corrected chi connectivity index (χ1v) is 47.4. The van der Waals surface area contributed by atoms with Crippen molar-refractivity contribution in [1.82, 2.24) is 0 Å². The molecular weight excluding hydrogens is 1480 g/mol. The lowest BCUT2D eigenvalue weighted by molar-refractivity contribution is -0.161. The summed E-state index contributed by atoms with van der Waals surface area (Å²) in [4.78, 5) is 58.9. The summed E-state index contributed by atoms with van der Waals surface area (Å²) < 4.78 is 61.4. The fraction of sp³-hybridized carbons (Fsp3) is 0.619. The molecule has 652 valence electrons. The molecule has 0 aliphatic heterocycles. The average molecular weight is 1640 g/mol. The second kappa shape index (κ2) is 87.4. The molecule has 0 saturated carbocycles. The van der Waals surface area contributed by atoms with Crippen molar-refractivity contribution in [3.05, 3.63) is 207 Å². The van der Waals surface area contributed by atoms with Crippen molar-refractivity contribution in [2.24, 2.45) is 0 Å². The van der Waals surface area contributed by atoms with E-state index in [1.165, 1.54) is 64.2 Å². The number of aliphatic hydroxyl groups excluding tert-OH is 2. The van der Waals surface area contributed by atoms with Crippen LogP contribution in [-0.4, -0.2) is 95.9 Å². The molecule has 0 fully saturated rings. The van der Waals surface area contributed by atoms with E-state index in [1.807, 2.05) is 0 Å². The molecule has 0 heterocycles. The molecule has 0 rings (SSSR count). The molecule has 0 aromatic carbocycles. The van der Waals surface area contributed by atoms with Crippen molar-refractivity contribution in [2.45, 2.75) is 347 Å². The van der Waals surface area contributed by atoms with E-state index in [-0.39, 0.29) is 19.3 Å². The van der Waals surface area contributed by atoms with E-state index >= 15 is 0 Å². The largest absolute Gasteiger partial charge is 0.472 e. The summed E-state index contributed by atoms with van der Waals surface area (Å²) in [7, 11) is -9.83. The summed E-state index contributed by atoms with van der Waals surface area (Å²) in [6, 6.07) is 0. The molecule has 115 heavy (non-hydrogen) atoms. The van der Waals surface area contributed by atoms with Crippen molar-refractivity contribution >= 4 is 33.6 Å². The Labute approximate surface area is 699 Å². The lowest BCUT2D eigenvalue weighted by atomic mass is 10.0. The molecule has 0 spiro atoms. The van der Waals surface area contributed by atoms with Crippen LogP contribution in [-0.2, 0) is 55.8 Å². The number of carbonyl (C=O) groups excluding carboxylic acids is 3. The standard InChI is InChI=1S/C97H158O16P2/c1-4-7-10-13-16-19-22-25-28-31-34-37-39-41-42-43-44-45-46-47-48-50-52-54-56-59-62-65-68-71-74-77-80-83-95(100)107-86-92(98)87-109-114(103,104)110-88-93(99)89-111-115(105,106)112-91-94(113-97(102)85-82-79-76-73-70-67-64-61-58-53-36-33-30-27-24-21-18-15-12-9-6-3)90-108-96(101)84-81-78-75-72-69-66-63-60-57-55-51-49-40-38-35-32-29-26-23-20-17-14-11-8-5-2/h7-12,16-21,25-30,34-38,41-42,44-45,49,51,53,57,60-61,64,92-94,98-99H,4-6,13-15,22-24,31-33,39-40,43,46-48,50,52,54-56,58-59,62-63,65-91H2,1-3H3,(H,103,104)(H,105,106)/b10-7-,11-8-,12-9-,19-16-,20-17-,21-18-,28-25-,29-26-,30-27-,37-34-,38-35-,42-41-,45-44-,51-49-,53-36-,60-57-,64-61-. The van der Waals surface area contributed by atoms with Gasteiger partial charge in [-0.05, 0) is 167 Å². The molecule has 16 nitrogen and oxygen atoms in total. The topological polar surface area (TPSA) is 231 Å². The smallest absolute Gasteiger partial charge is 0.463 e. The Hall–Kier alpha value is -5.87. The number of unbranched alkanes of at least 4 members (excludes halogenated alkanes) is 25. The van der Waals surface area contributed by atoms with Crippen molar-refractivity contribution in [2.75, 3.05) is 39.6 Å². The minimum absolute atomic E-state index is 0.0709. The molecule has 0 aliphatic carbocycles. The number of esters is 3. The van der Waals surface area contributed by atoms with Crippen LogP contribution in [0.25, 0.3) is 0 Å². The van der Waals surface area contributed by atoms with Crippen LogP contribution in [0, 0.1) is 0 Å². The number of hydrogen-bond acceptors (Lipinski definition) is 14. The Bertz CT molecular complexity index is 2920. The van der Waals surface area contributed by atoms with Gasteiger partial charge in [0.25, 0.3) is 0 Å². The number of hydrogen-bond donors (Lipinski definition) is 4. The van der Waals surface area contributed by atoms with E-state index in [0.29, 0.717) is 19.3 Å². The van der Waals surface area contributed by atoms with E-state index in [4.69, 9.17) is 32.3 Å². The van der Waals surface area contributed by atoms with E-state index in [0.717, 1.165) is 205 Å². The number of phosphoric ester groups is 2. The second-order valence-corrected chi connectivity index (χ2v) is 31.8. The van der Waals surface area contributed by atoms with E-state index in [2.05, 4.69) is 227 Å². The van der Waals surface area contributed by atoms with Gasteiger partial charge in [-0.25, -0.2) is 9.13 Å². The Morgan fingerprint density at radius 2 is 0.435 bits per heavy atom. The van der Waals surface area contributed by atoms with Crippen LogP contribution >= 0.6 is 15.6 Å². The van der Waals surface area contributed by atoms with Gasteiger partial charge in [0.05, 0.1) is 26.4 Å². The van der Waals surface area contributed by atoms with Crippen LogP contribution in [0.15, 0.2) is 207 Å². The molecule has 5 unspecified atom stereocenters. The number of ether oxygens (including phenoxy) is 3. The van der Waals surface area contributed by atoms with Gasteiger partial charge in [-0.1, -0.05) is 349 Å². The van der Waals surface area contributed by atoms with E-state index < -0.39 is 91.5 Å². The molecule has 0 saturated heterocycles. The first-order chi connectivity index (χ1) is 56.2. The minimum Gasteiger partial charge on any atom is -0.463 e. The molecule has 18 heteroatoms. The lowest BCUT2D eigenvalue weighted by Crippen LogP contribution is -2.30. The molecule has 0 aromatic rings. The fourth-order valence-electron chi connectivity index (χ4n) is 11.4. The molecule has 5 atom stereocenters. The normalized spacial score (nSPS) is 14.8. The second-order valence-electron chi connectivity index (χ2n) is 28.9. The quantitative estimate of drug-likeness (QED) is 0.0146. The molecule has 0 aromatic heterocycles. The van der Waals surface area contributed by atoms with Gasteiger partial charge in [0.1, 0.15) is 25.4 Å². The van der Waals surface area contributed by atoms with Crippen LogP contribution in [0.3, 0.4) is 0 Å². The van der Waals surface area contributed by atoms with Crippen LogP contribution in [0.1, 0.15) is 329 Å². The van der Waals surface area contributed by atoms with E-state index in [1.54, 1.807) is 0 Å². The van der Waals surface area contributed by atoms with Gasteiger partial charge in [-0.15, -0.1) is 0 Å². The third kappa shape index (κ3) is 88.8. The van der Waals surface area contributed by atoms with Crippen molar-refractivity contribution in [1.29, 1.82) is 0 Å². The summed E-state index contributed by atoms with van der Waals surface area (Å²) in [5, 5.41) is 20.7. The van der Waals surface area contributed by atoms with Gasteiger partial charge >= 0.3 is 33.6 Å². The molecular formula is C97H158O16P2. The van der Waals surface area contributed by atoms with Crippen LogP contribution in [0.4, 0.5) is 0 Å². The molecule has 0 radical (unpaired) electrons. The van der Waals surface area contributed by atoms with E-state index in [9.17, 15) is 43.5 Å². The summed E-state index contributed by atoms with van der Waals surface area (Å²) in [6.07, 6.45) is 117. The molecule has 0 amide bonds. The highest BCUT2D eigenvalue weighted by atomic mass is 31.2. The summed E-state index contributed by atoms with van der Waals surface area (Å²) in [5.41, 5.74) is 0. The SMILES string of the molecule is CC/C=C\C/C=C\C/C=C\C/C=C\C/C=C\C/C=C\CCCCCCCCCCCCCCCCC(=O)OCC(O)COP(=O)(O)OCC(O)COP(=O)(O)OCC(COC(=O)CCCCCCCC/C=C\C/C=C\C/C=C\C/C=C\C/C=C\C/C=C\CC)OC(=O)CCCCCCC/C=C\C/C=C\C/C=C\C/C=C\C/C=C\CC. The monoisotopic (exact) mass is 1640 g/mol. The summed E-state index contributed by atoms with van der Waals surface area (Å²) >= 11 is 0. The predicted molar refractivity (Wildman–Crippen MR) is 481 cm³/mol. The number of phosphoric acid groups is 2. The maximum atomic E-state index is 13.0. The zero-order chi connectivity index (χ0) is 83.6. The summed E-state index contributed by atoms with van der Waals surface area (Å²) in [5.74, 6) is -1.62. The highest BCUT2D eigenvalue weighted by molar-refractivity contribution is 7.47. The first kappa shape index (κ1) is 109. The highest BCUT2D eigenvalue weighted by Crippen LogP contribution is 2.45. The summed E-state index contributed by atoms with van der Waals surface area (Å²) in [6.45, 7) is 2.30. The van der Waals surface area contributed by atoms with Crippen molar-refractivity contribution < 1.29 is 75.8 Å². The molecule has 0 bridgehead atoms. The number of rotatable bonds is 82. The van der Waals surface area contributed by atoms with Gasteiger partial charge < -0.3 is 34.2 Å². The third-order valence-corrected chi connectivity index (χ3v) is 19.9. The Balaban J connectivity index is 4.62. The minimum atomic E-state index is -4.96. The van der Waals surface area contributed by atoms with Crippen LogP contribution in [0.5, 0.6) is 0 Å². The lowest BCUT2D eigenvalue weighted by Gasteiger charge is -2.21. The van der Waals surface area contributed by atoms with Crippen LogP contribution < -0.4 is 0 Å². The highest BCUT2D eigenvalue weighted by Gasteiger charge is 2.29. The van der Waals surface area contributed by atoms with Gasteiger partial charge in [0.15, 0.2) is 6.10 Å². The Morgan fingerprint density at radius 3 is 0.687 bits per heavy atom. The third-order valence-electron chi connectivity index (χ3n) is 18.0.